The number of alkyl halides is 26. The second-order valence-electron chi connectivity index (χ2n) is 10.0. The fourth-order valence-corrected chi connectivity index (χ4v) is 2.82. The van der Waals surface area contributed by atoms with Gasteiger partial charge < -0.3 is 0 Å². The van der Waals surface area contributed by atoms with Crippen LogP contribution in [0.3, 0.4) is 0 Å². The minimum absolute atomic E-state index is 0. The van der Waals surface area contributed by atoms with E-state index in [0.717, 1.165) is 0 Å². The molecule has 0 saturated carbocycles. The van der Waals surface area contributed by atoms with E-state index in [2.05, 4.69) is 0 Å². The molecule has 27 heteroatoms. The van der Waals surface area contributed by atoms with Gasteiger partial charge in [0.1, 0.15) is 0 Å². The quantitative estimate of drug-likeness (QED) is 0.164. The molecule has 0 fully saturated rings. The van der Waals surface area contributed by atoms with Crippen LogP contribution in [0.15, 0.2) is 72.8 Å². The molecule has 55 heavy (non-hydrogen) atoms. The van der Waals surface area contributed by atoms with Gasteiger partial charge in [0, 0.05) is 36.7 Å². The average Bonchev–Trinajstić information content (AvgIpc) is 3.05. The standard InChI is InChI=1S/2C8H5F13.2C6H6.Sn/c2*1-2-3(9,10)4(11,12)5(13,14)6(15,16)7(17,18)8(19,20)21;2*1-2-4-6-5-3-1;/h2*2H2,1H3;2*1-6H;. The molecule has 0 amide bonds. The first-order chi connectivity index (χ1) is 23.6. The Morgan fingerprint density at radius 3 is 0.473 bits per heavy atom. The summed E-state index contributed by atoms with van der Waals surface area (Å²) in [6.07, 6.45) is -19.1. The SMILES string of the molecule is CCC(F)(F)C(F)(F)C(F)(F)C(F)(F)C(F)(F)C(F)(F)F.CCC(F)(F)C(F)(F)C(F)(F)C(F)(F)C(F)(F)C(F)(F)F.[Sn].c1ccccc1.c1ccccc1. The van der Waals surface area contributed by atoms with Gasteiger partial charge >= 0.3 is 71.6 Å². The fourth-order valence-electron chi connectivity index (χ4n) is 2.82. The van der Waals surface area contributed by atoms with Crippen molar-refractivity contribution < 1.29 is 114 Å². The molecule has 2 aromatic carbocycles. The van der Waals surface area contributed by atoms with E-state index in [1.807, 2.05) is 72.8 Å². The Morgan fingerprint density at radius 1 is 0.236 bits per heavy atom. The van der Waals surface area contributed by atoms with Gasteiger partial charge in [-0.25, -0.2) is 0 Å². The minimum Gasteiger partial charge on any atom is -0.200 e. The van der Waals surface area contributed by atoms with Crippen LogP contribution < -0.4 is 0 Å². The first kappa shape index (κ1) is 56.7. The van der Waals surface area contributed by atoms with Crippen LogP contribution in [-0.2, 0) is 0 Å². The summed E-state index contributed by atoms with van der Waals surface area (Å²) in [5.41, 5.74) is 0. The normalized spacial score (nSPS) is 14.2. The Morgan fingerprint density at radius 2 is 0.364 bits per heavy atom. The smallest absolute Gasteiger partial charge is 0.200 e. The van der Waals surface area contributed by atoms with Gasteiger partial charge in [-0.2, -0.15) is 114 Å². The van der Waals surface area contributed by atoms with E-state index in [-0.39, 0.29) is 37.8 Å². The van der Waals surface area contributed by atoms with Crippen molar-refractivity contribution in [1.29, 1.82) is 0 Å². The summed E-state index contributed by atoms with van der Waals surface area (Å²) in [5.74, 6) is -72.4. The van der Waals surface area contributed by atoms with E-state index in [0.29, 0.717) is 0 Å². The zero-order valence-corrected chi connectivity index (χ0v) is 29.5. The van der Waals surface area contributed by atoms with Gasteiger partial charge in [0.15, 0.2) is 0 Å². The van der Waals surface area contributed by atoms with Crippen LogP contribution in [0, 0.1) is 0 Å². The molecule has 2 rings (SSSR count). The second kappa shape index (κ2) is 18.8. The molecule has 0 spiro atoms. The maximum absolute atomic E-state index is 12.7. The third-order valence-corrected chi connectivity index (χ3v) is 6.22. The van der Waals surface area contributed by atoms with Gasteiger partial charge in [0.2, 0.25) is 0 Å². The molecule has 0 saturated heterocycles. The van der Waals surface area contributed by atoms with Crippen molar-refractivity contribution in [2.75, 3.05) is 0 Å². The van der Waals surface area contributed by atoms with Crippen LogP contribution in [0.2, 0.25) is 0 Å². The first-order valence-corrected chi connectivity index (χ1v) is 13.5. The van der Waals surface area contributed by atoms with Crippen molar-refractivity contribution in [2.24, 2.45) is 0 Å². The van der Waals surface area contributed by atoms with Crippen LogP contribution in [-0.4, -0.2) is 95.5 Å². The van der Waals surface area contributed by atoms with Crippen molar-refractivity contribution in [3.63, 3.8) is 0 Å². The summed E-state index contributed by atoms with van der Waals surface area (Å²) in [4.78, 5) is 0. The van der Waals surface area contributed by atoms with Crippen LogP contribution in [0.1, 0.15) is 26.7 Å². The number of hydrogen-bond acceptors (Lipinski definition) is 0. The Kier molecular flexibility index (Phi) is 19.4. The molecule has 0 bridgehead atoms. The third kappa shape index (κ3) is 11.3. The van der Waals surface area contributed by atoms with Gasteiger partial charge in [-0.3, -0.25) is 0 Å². The number of hydrogen-bond donors (Lipinski definition) is 0. The molecule has 0 aromatic heterocycles. The van der Waals surface area contributed by atoms with Gasteiger partial charge in [0.05, 0.1) is 0 Å². The molecular weight excluding hydrogens is 949 g/mol. The molecule has 0 aliphatic rings. The van der Waals surface area contributed by atoms with Crippen molar-refractivity contribution >= 4 is 23.9 Å². The maximum Gasteiger partial charge on any atom is 0.460 e. The second-order valence-corrected chi connectivity index (χ2v) is 10.0. The average molecular weight is 971 g/mol. The maximum atomic E-state index is 12.7. The van der Waals surface area contributed by atoms with E-state index in [1.165, 1.54) is 0 Å². The number of benzene rings is 2. The molecule has 0 unspecified atom stereocenters. The van der Waals surface area contributed by atoms with Gasteiger partial charge in [0.25, 0.3) is 0 Å². The van der Waals surface area contributed by atoms with Crippen LogP contribution >= 0.6 is 0 Å². The van der Waals surface area contributed by atoms with E-state index >= 15 is 0 Å². The topological polar surface area (TPSA) is 0 Å². The fraction of sp³-hybridized carbons (Fsp3) is 0.571. The number of halogens is 26. The van der Waals surface area contributed by atoms with Crippen molar-refractivity contribution in [2.45, 2.75) is 98.3 Å². The number of rotatable bonds is 10. The van der Waals surface area contributed by atoms with E-state index in [1.54, 1.807) is 0 Å². The summed E-state index contributed by atoms with van der Waals surface area (Å²) in [7, 11) is 0. The molecule has 0 nitrogen and oxygen atoms in total. The van der Waals surface area contributed by atoms with Crippen LogP contribution in [0.5, 0.6) is 0 Å². The van der Waals surface area contributed by atoms with Crippen LogP contribution in [0.4, 0.5) is 114 Å². The zero-order valence-electron chi connectivity index (χ0n) is 26.7. The Labute approximate surface area is 309 Å². The third-order valence-electron chi connectivity index (χ3n) is 6.22. The predicted octanol–water partition coefficient (Wildman–Crippen LogP) is 13.3. The van der Waals surface area contributed by atoms with Gasteiger partial charge in [-0.1, -0.05) is 86.6 Å². The van der Waals surface area contributed by atoms with Gasteiger partial charge in [-0.15, -0.1) is 0 Å². The minimum atomic E-state index is -7.81. The summed E-state index contributed by atoms with van der Waals surface area (Å²) >= 11 is 0. The molecule has 0 atom stereocenters. The van der Waals surface area contributed by atoms with E-state index in [4.69, 9.17) is 0 Å². The van der Waals surface area contributed by atoms with Gasteiger partial charge in [-0.05, 0) is 0 Å². The van der Waals surface area contributed by atoms with E-state index in [9.17, 15) is 114 Å². The molecular formula is C28H22F26Sn. The molecule has 2 aromatic rings. The molecule has 0 N–H and O–H groups in total. The molecule has 0 heterocycles. The van der Waals surface area contributed by atoms with Crippen molar-refractivity contribution in [3.05, 3.63) is 72.8 Å². The Balaban J connectivity index is -0.000000739. The van der Waals surface area contributed by atoms with E-state index < -0.39 is 84.4 Å². The van der Waals surface area contributed by atoms with Crippen molar-refractivity contribution in [1.82, 2.24) is 0 Å². The largest absolute Gasteiger partial charge is 0.460 e. The molecule has 4 radical (unpaired) electrons. The first-order valence-electron chi connectivity index (χ1n) is 13.5. The van der Waals surface area contributed by atoms with Crippen LogP contribution in [0.25, 0.3) is 0 Å². The molecule has 0 aliphatic carbocycles. The predicted molar refractivity (Wildman–Crippen MR) is 141 cm³/mol. The molecule has 0 aliphatic heterocycles. The summed E-state index contributed by atoms with van der Waals surface area (Å²) in [6, 6.07) is 24.0. The summed E-state index contributed by atoms with van der Waals surface area (Å²) < 4.78 is 321. The zero-order chi connectivity index (χ0) is 43.9. The molecule has 320 valence electrons. The monoisotopic (exact) mass is 972 g/mol. The Bertz CT molecular complexity index is 1210. The van der Waals surface area contributed by atoms with Crippen molar-refractivity contribution in [3.8, 4) is 0 Å². The summed E-state index contributed by atoms with van der Waals surface area (Å²) in [5, 5.41) is 0. The Hall–Kier alpha value is -2.58. The summed E-state index contributed by atoms with van der Waals surface area (Å²) in [6.45, 7) is 0.230.